The van der Waals surface area contributed by atoms with Gasteiger partial charge in [0.25, 0.3) is 5.56 Å². The maximum atomic E-state index is 12.1. The zero-order valence-electron chi connectivity index (χ0n) is 18.9. The Bertz CT molecular complexity index is 1070. The molecule has 0 unspecified atom stereocenters. The lowest BCUT2D eigenvalue weighted by Gasteiger charge is -2.22. The van der Waals surface area contributed by atoms with Gasteiger partial charge in [-0.25, -0.2) is 13.2 Å². The molecule has 0 aliphatic carbocycles. The van der Waals surface area contributed by atoms with E-state index in [4.69, 9.17) is 0 Å². The molecule has 0 aliphatic heterocycles. The highest BCUT2D eigenvalue weighted by Crippen LogP contribution is 2.13. The van der Waals surface area contributed by atoms with Gasteiger partial charge in [0.05, 0.1) is 5.75 Å². The molecule has 31 heavy (non-hydrogen) atoms. The molecule has 1 aromatic carbocycles. The number of anilines is 1. The van der Waals surface area contributed by atoms with Crippen molar-refractivity contribution in [3.8, 4) is 0 Å². The Hall–Kier alpha value is -2.39. The van der Waals surface area contributed by atoms with Gasteiger partial charge < -0.3 is 9.47 Å². The predicted molar refractivity (Wildman–Crippen MR) is 125 cm³/mol. The van der Waals surface area contributed by atoms with E-state index in [2.05, 4.69) is 16.5 Å². The molecule has 0 bridgehead atoms. The molecule has 2 aromatic rings. The van der Waals surface area contributed by atoms with Crippen LogP contribution in [-0.4, -0.2) is 47.8 Å². The van der Waals surface area contributed by atoms with Crippen molar-refractivity contribution in [3.63, 3.8) is 0 Å². The second-order valence-corrected chi connectivity index (χ2v) is 9.78. The fourth-order valence-electron chi connectivity index (χ4n) is 3.43. The van der Waals surface area contributed by atoms with Crippen molar-refractivity contribution in [1.29, 1.82) is 0 Å². The molecule has 8 nitrogen and oxygen atoms in total. The van der Waals surface area contributed by atoms with Crippen LogP contribution in [0.2, 0.25) is 0 Å². The average molecular weight is 451 g/mol. The highest BCUT2D eigenvalue weighted by molar-refractivity contribution is 7.92. The van der Waals surface area contributed by atoms with Crippen LogP contribution in [0.15, 0.2) is 39.9 Å². The first-order chi connectivity index (χ1) is 14.7. The minimum absolute atomic E-state index is 0.0481. The first kappa shape index (κ1) is 24.9. The molecule has 0 spiro atoms. The minimum atomic E-state index is -3.26. The topological polar surface area (TPSA) is 93.4 Å². The number of sulfonamides is 1. The zero-order valence-corrected chi connectivity index (χ0v) is 19.7. The Labute approximate surface area is 184 Å². The molecule has 0 atom stereocenters. The molecule has 1 aromatic heterocycles. The summed E-state index contributed by atoms with van der Waals surface area (Å²) < 4.78 is 28.5. The molecule has 0 saturated carbocycles. The van der Waals surface area contributed by atoms with Crippen molar-refractivity contribution < 1.29 is 8.42 Å². The molecule has 1 heterocycles. The summed E-state index contributed by atoms with van der Waals surface area (Å²) in [6.07, 6.45) is 3.44. The van der Waals surface area contributed by atoms with Crippen LogP contribution < -0.4 is 16.0 Å². The fourth-order valence-corrected chi connectivity index (χ4v) is 4.07. The maximum Gasteiger partial charge on any atom is 0.330 e. The fraction of sp³-hybridized carbons (Fsp3) is 0.545. The van der Waals surface area contributed by atoms with Gasteiger partial charge in [0.1, 0.15) is 0 Å². The predicted octanol–water partition coefficient (Wildman–Crippen LogP) is 1.73. The Morgan fingerprint density at radius 1 is 0.935 bits per heavy atom. The van der Waals surface area contributed by atoms with Gasteiger partial charge in [-0.2, -0.15) is 0 Å². The summed E-state index contributed by atoms with van der Waals surface area (Å²) in [7, 11) is -0.0746. The van der Waals surface area contributed by atoms with Crippen molar-refractivity contribution in [2.24, 2.45) is 14.1 Å². The van der Waals surface area contributed by atoms with Crippen molar-refractivity contribution in [2.45, 2.75) is 39.5 Å². The quantitative estimate of drug-likeness (QED) is 0.532. The maximum absolute atomic E-state index is 12.1. The second kappa shape index (κ2) is 11.3. The van der Waals surface area contributed by atoms with Crippen LogP contribution in [0.5, 0.6) is 0 Å². The van der Waals surface area contributed by atoms with Crippen molar-refractivity contribution >= 4 is 15.7 Å². The van der Waals surface area contributed by atoms with E-state index in [1.165, 1.54) is 7.05 Å². The van der Waals surface area contributed by atoms with Gasteiger partial charge in [-0.3, -0.25) is 14.1 Å². The number of rotatable bonds is 12. The summed E-state index contributed by atoms with van der Waals surface area (Å²) in [6, 6.07) is 9.03. The lowest BCUT2D eigenvalue weighted by molar-refractivity contribution is 0.273. The summed E-state index contributed by atoms with van der Waals surface area (Å²) in [6.45, 7) is 6.50. The standard InChI is InChI=1S/C22H34N4O4S/c1-5-14-26(15-7-8-20-17-21(27)25(4)22(28)24(20)3)16-13-18-9-11-19(12-10-18)23-31(29,30)6-2/h9-12,17,23H,5-8,13-16H2,1-4H3. The van der Waals surface area contributed by atoms with E-state index in [9.17, 15) is 18.0 Å². The van der Waals surface area contributed by atoms with E-state index in [0.717, 1.165) is 54.7 Å². The molecule has 0 saturated heterocycles. The molecule has 0 radical (unpaired) electrons. The largest absolute Gasteiger partial charge is 0.330 e. The van der Waals surface area contributed by atoms with E-state index >= 15 is 0 Å². The van der Waals surface area contributed by atoms with Gasteiger partial charge in [-0.05, 0) is 63.4 Å². The van der Waals surface area contributed by atoms with Gasteiger partial charge in [-0.1, -0.05) is 19.1 Å². The smallest absolute Gasteiger partial charge is 0.303 e. The molecule has 0 fully saturated rings. The first-order valence-corrected chi connectivity index (χ1v) is 12.4. The van der Waals surface area contributed by atoms with Crippen LogP contribution in [0.1, 0.15) is 37.9 Å². The number of hydrogen-bond acceptors (Lipinski definition) is 5. The highest BCUT2D eigenvalue weighted by atomic mass is 32.2. The first-order valence-electron chi connectivity index (χ1n) is 10.7. The third-order valence-electron chi connectivity index (χ3n) is 5.40. The normalized spacial score (nSPS) is 11.8. The van der Waals surface area contributed by atoms with Gasteiger partial charge in [0.2, 0.25) is 10.0 Å². The van der Waals surface area contributed by atoms with Crippen LogP contribution in [-0.2, 0) is 37.0 Å². The third-order valence-corrected chi connectivity index (χ3v) is 6.70. The monoisotopic (exact) mass is 450 g/mol. The van der Waals surface area contributed by atoms with Crippen LogP contribution in [0, 0.1) is 0 Å². The summed E-state index contributed by atoms with van der Waals surface area (Å²) in [5, 5.41) is 0. The van der Waals surface area contributed by atoms with Crippen molar-refractivity contribution in [1.82, 2.24) is 14.0 Å². The number of aryl methyl sites for hydroxylation is 1. The zero-order chi connectivity index (χ0) is 23.0. The van der Waals surface area contributed by atoms with Gasteiger partial charge in [0, 0.05) is 38.1 Å². The van der Waals surface area contributed by atoms with E-state index in [0.29, 0.717) is 12.1 Å². The van der Waals surface area contributed by atoms with Crippen LogP contribution >= 0.6 is 0 Å². The van der Waals surface area contributed by atoms with Crippen LogP contribution in [0.25, 0.3) is 0 Å². The van der Waals surface area contributed by atoms with E-state index in [1.807, 2.05) is 12.1 Å². The molecular weight excluding hydrogens is 416 g/mol. The van der Waals surface area contributed by atoms with Crippen LogP contribution in [0.4, 0.5) is 5.69 Å². The van der Waals surface area contributed by atoms with Gasteiger partial charge in [-0.15, -0.1) is 0 Å². The van der Waals surface area contributed by atoms with E-state index < -0.39 is 10.0 Å². The number of aromatic nitrogens is 2. The minimum Gasteiger partial charge on any atom is -0.303 e. The van der Waals surface area contributed by atoms with Crippen LogP contribution in [0.3, 0.4) is 0 Å². The summed E-state index contributed by atoms with van der Waals surface area (Å²) in [4.78, 5) is 26.3. The molecule has 172 valence electrons. The summed E-state index contributed by atoms with van der Waals surface area (Å²) in [5.41, 5.74) is 1.92. The average Bonchev–Trinajstić information content (AvgIpc) is 2.74. The van der Waals surface area contributed by atoms with E-state index in [-0.39, 0.29) is 17.0 Å². The van der Waals surface area contributed by atoms with Gasteiger partial charge in [0.15, 0.2) is 0 Å². The van der Waals surface area contributed by atoms with Crippen molar-refractivity contribution in [2.75, 3.05) is 30.1 Å². The molecule has 1 N–H and O–H groups in total. The lowest BCUT2D eigenvalue weighted by Crippen LogP contribution is -2.38. The molecule has 9 heteroatoms. The summed E-state index contributed by atoms with van der Waals surface area (Å²) in [5.74, 6) is 0.0481. The number of nitrogens with one attached hydrogen (secondary N) is 1. The Morgan fingerprint density at radius 2 is 1.61 bits per heavy atom. The molecular formula is C22H34N4O4S. The molecule has 2 rings (SSSR count). The third kappa shape index (κ3) is 7.36. The number of hydrogen-bond donors (Lipinski definition) is 1. The second-order valence-electron chi connectivity index (χ2n) is 7.77. The lowest BCUT2D eigenvalue weighted by atomic mass is 10.1. The van der Waals surface area contributed by atoms with Crippen molar-refractivity contribution in [3.05, 3.63) is 62.4 Å². The summed E-state index contributed by atoms with van der Waals surface area (Å²) >= 11 is 0. The highest BCUT2D eigenvalue weighted by Gasteiger charge is 2.09. The number of benzene rings is 1. The molecule has 0 amide bonds. The Kier molecular flexibility index (Phi) is 9.06. The van der Waals surface area contributed by atoms with E-state index in [1.54, 1.807) is 36.7 Å². The SMILES string of the molecule is CCCN(CCCc1cc(=O)n(C)c(=O)n1C)CCc1ccc(NS(=O)(=O)CC)cc1. The Morgan fingerprint density at radius 3 is 2.23 bits per heavy atom. The molecule has 0 aliphatic rings. The number of nitrogens with zero attached hydrogens (tertiary/aromatic N) is 3. The Balaban J connectivity index is 1.91. The van der Waals surface area contributed by atoms with Gasteiger partial charge >= 0.3 is 5.69 Å².